The lowest BCUT2D eigenvalue weighted by Crippen LogP contribution is -2.49. The maximum atomic E-state index is 13.4. The summed E-state index contributed by atoms with van der Waals surface area (Å²) in [5, 5.41) is 4.29. The average Bonchev–Trinajstić information content (AvgIpc) is 3.19. The molecule has 0 N–H and O–H groups in total. The molecule has 7 nitrogen and oxygen atoms in total. The molecule has 1 aliphatic heterocycles. The van der Waals surface area contributed by atoms with Gasteiger partial charge in [-0.05, 0) is 36.8 Å². The molecule has 1 aliphatic rings. The standard InChI is InChI=1S/C27H31FN4O3/c1-19-24(18-31(3)29-19)27(34)32-14-13-25(35-23-11-9-22(28)10-12-23)21(17-32)15-26(33)30(2)16-20-7-5-4-6-8-20/h4-12,18,21,25H,13-17H2,1-3H3/t21-,25-/m0/s1. The quantitative estimate of drug-likeness (QED) is 0.518. The van der Waals surface area contributed by atoms with Crippen molar-refractivity contribution in [3.05, 3.63) is 83.4 Å². The lowest BCUT2D eigenvalue weighted by molar-refractivity contribution is -0.132. The summed E-state index contributed by atoms with van der Waals surface area (Å²) in [4.78, 5) is 29.9. The molecule has 2 heterocycles. The van der Waals surface area contributed by atoms with Crippen molar-refractivity contribution in [3.63, 3.8) is 0 Å². The number of aromatic nitrogens is 2. The van der Waals surface area contributed by atoms with Crippen LogP contribution in [-0.2, 0) is 18.4 Å². The third-order valence-corrected chi connectivity index (χ3v) is 6.42. The molecule has 3 aromatic rings. The number of aryl methyl sites for hydroxylation is 2. The van der Waals surface area contributed by atoms with Crippen molar-refractivity contribution < 1.29 is 18.7 Å². The number of rotatable bonds is 7. The summed E-state index contributed by atoms with van der Waals surface area (Å²) in [6.07, 6.45) is 2.27. The molecule has 184 valence electrons. The number of likely N-dealkylation sites (tertiary alicyclic amines) is 1. The first-order chi connectivity index (χ1) is 16.8. The summed E-state index contributed by atoms with van der Waals surface area (Å²) in [7, 11) is 3.58. The second kappa shape index (κ2) is 10.7. The molecular weight excluding hydrogens is 447 g/mol. The normalized spacial score (nSPS) is 17.8. The monoisotopic (exact) mass is 478 g/mol. The second-order valence-electron chi connectivity index (χ2n) is 9.15. The fourth-order valence-electron chi connectivity index (χ4n) is 4.54. The van der Waals surface area contributed by atoms with Crippen molar-refractivity contribution >= 4 is 11.8 Å². The molecular formula is C27H31FN4O3. The van der Waals surface area contributed by atoms with E-state index in [1.807, 2.05) is 37.3 Å². The van der Waals surface area contributed by atoms with E-state index in [2.05, 4.69) is 5.10 Å². The predicted octanol–water partition coefficient (Wildman–Crippen LogP) is 3.83. The molecule has 1 saturated heterocycles. The number of halogens is 1. The van der Waals surface area contributed by atoms with Crippen LogP contribution < -0.4 is 4.74 Å². The van der Waals surface area contributed by atoms with Crippen LogP contribution in [0.5, 0.6) is 5.75 Å². The molecule has 0 spiro atoms. The summed E-state index contributed by atoms with van der Waals surface area (Å²) < 4.78 is 21.2. The molecule has 35 heavy (non-hydrogen) atoms. The predicted molar refractivity (Wildman–Crippen MR) is 130 cm³/mol. The van der Waals surface area contributed by atoms with Crippen LogP contribution in [0.2, 0.25) is 0 Å². The van der Waals surface area contributed by atoms with E-state index in [1.54, 1.807) is 46.9 Å². The van der Waals surface area contributed by atoms with Crippen LogP contribution in [0.15, 0.2) is 60.8 Å². The van der Waals surface area contributed by atoms with Gasteiger partial charge in [-0.25, -0.2) is 4.39 Å². The lowest BCUT2D eigenvalue weighted by atomic mass is 9.90. The zero-order valence-electron chi connectivity index (χ0n) is 20.4. The van der Waals surface area contributed by atoms with E-state index in [0.717, 1.165) is 5.56 Å². The highest BCUT2D eigenvalue weighted by molar-refractivity contribution is 5.95. The smallest absolute Gasteiger partial charge is 0.257 e. The van der Waals surface area contributed by atoms with Gasteiger partial charge in [0.15, 0.2) is 0 Å². The number of hydrogen-bond acceptors (Lipinski definition) is 4. The number of hydrogen-bond donors (Lipinski definition) is 0. The molecule has 0 radical (unpaired) electrons. The molecule has 0 bridgehead atoms. The van der Waals surface area contributed by atoms with E-state index in [0.29, 0.717) is 43.1 Å². The molecule has 1 fully saturated rings. The van der Waals surface area contributed by atoms with Crippen molar-refractivity contribution in [2.45, 2.75) is 32.4 Å². The van der Waals surface area contributed by atoms with E-state index >= 15 is 0 Å². The van der Waals surface area contributed by atoms with Crippen LogP contribution in [0, 0.1) is 18.7 Å². The summed E-state index contributed by atoms with van der Waals surface area (Å²) in [6, 6.07) is 15.7. The number of carbonyl (C=O) groups excluding carboxylic acids is 2. The Balaban J connectivity index is 1.49. The lowest BCUT2D eigenvalue weighted by Gasteiger charge is -2.38. The first kappa shape index (κ1) is 24.4. The molecule has 8 heteroatoms. The van der Waals surface area contributed by atoms with Crippen LogP contribution in [-0.4, -0.2) is 57.6 Å². The number of benzene rings is 2. The Morgan fingerprint density at radius 2 is 1.86 bits per heavy atom. The minimum absolute atomic E-state index is 0.0154. The summed E-state index contributed by atoms with van der Waals surface area (Å²) in [5.41, 5.74) is 2.30. The Morgan fingerprint density at radius 1 is 1.14 bits per heavy atom. The Bertz CT molecular complexity index is 1160. The minimum atomic E-state index is -0.334. The van der Waals surface area contributed by atoms with Crippen LogP contribution in [0.25, 0.3) is 0 Å². The molecule has 0 aliphatic carbocycles. The minimum Gasteiger partial charge on any atom is -0.490 e. The number of amides is 2. The third kappa shape index (κ3) is 6.07. The van der Waals surface area contributed by atoms with Crippen LogP contribution in [0.1, 0.15) is 34.5 Å². The second-order valence-corrected chi connectivity index (χ2v) is 9.15. The number of piperidine rings is 1. The highest BCUT2D eigenvalue weighted by atomic mass is 19.1. The van der Waals surface area contributed by atoms with Gasteiger partial charge in [0.2, 0.25) is 5.91 Å². The van der Waals surface area contributed by atoms with Gasteiger partial charge in [0.25, 0.3) is 5.91 Å². The van der Waals surface area contributed by atoms with E-state index in [4.69, 9.17) is 4.74 Å². The number of carbonyl (C=O) groups is 2. The fraction of sp³-hybridized carbons (Fsp3) is 0.370. The fourth-order valence-corrected chi connectivity index (χ4v) is 4.54. The molecule has 1 aromatic heterocycles. The Kier molecular flexibility index (Phi) is 7.48. The van der Waals surface area contributed by atoms with Gasteiger partial charge >= 0.3 is 0 Å². The van der Waals surface area contributed by atoms with Crippen LogP contribution in [0.3, 0.4) is 0 Å². The largest absolute Gasteiger partial charge is 0.490 e. The van der Waals surface area contributed by atoms with Gasteiger partial charge in [-0.2, -0.15) is 5.10 Å². The SMILES string of the molecule is Cc1nn(C)cc1C(=O)N1CC[C@H](Oc2ccc(F)cc2)[C@@H](CC(=O)N(C)Cc2ccccc2)C1. The maximum absolute atomic E-state index is 13.4. The summed E-state index contributed by atoms with van der Waals surface area (Å²) in [6.45, 7) is 3.22. The first-order valence-corrected chi connectivity index (χ1v) is 11.8. The Labute approximate surface area is 205 Å². The first-order valence-electron chi connectivity index (χ1n) is 11.8. The van der Waals surface area contributed by atoms with Crippen LogP contribution >= 0.6 is 0 Å². The van der Waals surface area contributed by atoms with Gasteiger partial charge in [0.1, 0.15) is 17.7 Å². The molecule has 0 unspecified atom stereocenters. The Hall–Kier alpha value is -3.68. The van der Waals surface area contributed by atoms with Gasteiger partial charge in [-0.3, -0.25) is 14.3 Å². The molecule has 4 rings (SSSR count). The van der Waals surface area contributed by atoms with Gasteiger partial charge < -0.3 is 14.5 Å². The number of nitrogens with zero attached hydrogens (tertiary/aromatic N) is 4. The zero-order chi connectivity index (χ0) is 24.9. The molecule has 2 atom stereocenters. The summed E-state index contributed by atoms with van der Waals surface area (Å²) >= 11 is 0. The van der Waals surface area contributed by atoms with Crippen molar-refractivity contribution in [3.8, 4) is 5.75 Å². The maximum Gasteiger partial charge on any atom is 0.257 e. The highest BCUT2D eigenvalue weighted by Gasteiger charge is 2.36. The van der Waals surface area contributed by atoms with E-state index in [-0.39, 0.29) is 36.1 Å². The Morgan fingerprint density at radius 3 is 2.51 bits per heavy atom. The average molecular weight is 479 g/mol. The van der Waals surface area contributed by atoms with E-state index < -0.39 is 0 Å². The van der Waals surface area contributed by atoms with Gasteiger partial charge in [-0.1, -0.05) is 30.3 Å². The summed E-state index contributed by atoms with van der Waals surface area (Å²) in [5.74, 6) is -0.0990. The van der Waals surface area contributed by atoms with Crippen LogP contribution in [0.4, 0.5) is 4.39 Å². The molecule has 0 saturated carbocycles. The molecule has 2 aromatic carbocycles. The zero-order valence-corrected chi connectivity index (χ0v) is 20.4. The van der Waals surface area contributed by atoms with Gasteiger partial charge in [0.05, 0.1) is 11.3 Å². The van der Waals surface area contributed by atoms with Crippen molar-refractivity contribution in [1.82, 2.24) is 19.6 Å². The van der Waals surface area contributed by atoms with E-state index in [1.165, 1.54) is 12.1 Å². The molecule has 2 amide bonds. The third-order valence-electron chi connectivity index (χ3n) is 6.42. The van der Waals surface area contributed by atoms with Crippen molar-refractivity contribution in [1.29, 1.82) is 0 Å². The highest BCUT2D eigenvalue weighted by Crippen LogP contribution is 2.28. The van der Waals surface area contributed by atoms with Gasteiger partial charge in [-0.15, -0.1) is 0 Å². The van der Waals surface area contributed by atoms with E-state index in [9.17, 15) is 14.0 Å². The topological polar surface area (TPSA) is 67.7 Å². The van der Waals surface area contributed by atoms with Crippen molar-refractivity contribution in [2.75, 3.05) is 20.1 Å². The number of ether oxygens (including phenoxy) is 1. The van der Waals surface area contributed by atoms with Crippen molar-refractivity contribution in [2.24, 2.45) is 13.0 Å². The van der Waals surface area contributed by atoms with Gasteiger partial charge in [0, 0.05) is 58.7 Å².